The van der Waals surface area contributed by atoms with Crippen LogP contribution in [0.15, 0.2) is 23.2 Å². The van der Waals surface area contributed by atoms with Crippen molar-refractivity contribution in [2.45, 2.75) is 46.2 Å². The monoisotopic (exact) mass is 277 g/mol. The molecule has 2 heterocycles. The lowest BCUT2D eigenvalue weighted by Gasteiger charge is -2.17. The first kappa shape index (κ1) is 14.3. The van der Waals surface area contributed by atoms with Crippen LogP contribution >= 0.6 is 11.3 Å². The Morgan fingerprint density at radius 1 is 1.32 bits per heavy atom. The minimum Gasteiger partial charge on any atom is -0.306 e. The van der Waals surface area contributed by atoms with Crippen LogP contribution in [0.5, 0.6) is 0 Å². The molecule has 2 aromatic rings. The predicted octanol–water partition coefficient (Wildman–Crippen LogP) is 3.75. The van der Waals surface area contributed by atoms with Crippen LogP contribution < -0.4 is 5.32 Å². The molecular formula is C15H23N3S. The van der Waals surface area contributed by atoms with Crippen molar-refractivity contribution >= 4 is 11.3 Å². The fourth-order valence-electron chi connectivity index (χ4n) is 2.24. The molecule has 0 aromatic carbocycles. The van der Waals surface area contributed by atoms with Crippen LogP contribution in [0.25, 0.3) is 0 Å². The zero-order chi connectivity index (χ0) is 13.7. The van der Waals surface area contributed by atoms with E-state index >= 15 is 0 Å². The van der Waals surface area contributed by atoms with Gasteiger partial charge in [0.25, 0.3) is 0 Å². The molecule has 2 rings (SSSR count). The van der Waals surface area contributed by atoms with Crippen molar-refractivity contribution in [3.8, 4) is 0 Å². The summed E-state index contributed by atoms with van der Waals surface area (Å²) in [5.41, 5.74) is 4.01. The van der Waals surface area contributed by atoms with Crippen molar-refractivity contribution < 1.29 is 0 Å². The highest BCUT2D eigenvalue weighted by molar-refractivity contribution is 7.08. The summed E-state index contributed by atoms with van der Waals surface area (Å²) in [6, 6.07) is 0.275. The van der Waals surface area contributed by atoms with E-state index in [0.29, 0.717) is 0 Å². The van der Waals surface area contributed by atoms with Crippen molar-refractivity contribution in [2.75, 3.05) is 6.54 Å². The number of hydrogen-bond donors (Lipinski definition) is 1. The molecule has 0 bridgehead atoms. The number of rotatable bonds is 7. The minimum atomic E-state index is 0.275. The van der Waals surface area contributed by atoms with E-state index in [1.165, 1.54) is 16.7 Å². The zero-order valence-corrected chi connectivity index (χ0v) is 12.8. The molecule has 0 fully saturated rings. The van der Waals surface area contributed by atoms with Crippen molar-refractivity contribution in [3.05, 3.63) is 39.8 Å². The lowest BCUT2D eigenvalue weighted by molar-refractivity contribution is 0.587. The zero-order valence-electron chi connectivity index (χ0n) is 12.0. The number of hydrogen-bond acceptors (Lipinski definition) is 3. The highest BCUT2D eigenvalue weighted by atomic mass is 32.1. The number of nitrogens with zero attached hydrogens (tertiary/aromatic N) is 2. The minimum absolute atomic E-state index is 0.275. The summed E-state index contributed by atoms with van der Waals surface area (Å²) >= 11 is 1.77. The van der Waals surface area contributed by atoms with Gasteiger partial charge in [0.2, 0.25) is 0 Å². The maximum atomic E-state index is 4.45. The molecule has 2 aromatic heterocycles. The van der Waals surface area contributed by atoms with E-state index in [1.807, 2.05) is 10.9 Å². The van der Waals surface area contributed by atoms with Crippen LogP contribution in [0.2, 0.25) is 0 Å². The Balaban J connectivity index is 2.23. The highest BCUT2D eigenvalue weighted by Gasteiger charge is 2.17. The van der Waals surface area contributed by atoms with Crippen molar-refractivity contribution in [2.24, 2.45) is 0 Å². The molecular weight excluding hydrogens is 254 g/mol. The molecule has 4 heteroatoms. The van der Waals surface area contributed by atoms with Gasteiger partial charge in [0.15, 0.2) is 0 Å². The van der Waals surface area contributed by atoms with E-state index in [1.54, 1.807) is 11.3 Å². The average molecular weight is 277 g/mol. The second-order valence-corrected chi connectivity index (χ2v) is 5.68. The van der Waals surface area contributed by atoms with E-state index in [2.05, 4.69) is 48.1 Å². The van der Waals surface area contributed by atoms with Gasteiger partial charge in [0.05, 0.1) is 12.2 Å². The molecule has 0 aliphatic carbocycles. The van der Waals surface area contributed by atoms with E-state index in [9.17, 15) is 0 Å². The van der Waals surface area contributed by atoms with Crippen molar-refractivity contribution in [1.29, 1.82) is 0 Å². The molecule has 0 spiro atoms. The predicted molar refractivity (Wildman–Crippen MR) is 81.7 cm³/mol. The van der Waals surface area contributed by atoms with E-state index in [4.69, 9.17) is 0 Å². The summed E-state index contributed by atoms with van der Waals surface area (Å²) in [5.74, 6) is 0. The Hall–Kier alpha value is -1.13. The van der Waals surface area contributed by atoms with Gasteiger partial charge < -0.3 is 5.32 Å². The molecule has 19 heavy (non-hydrogen) atoms. The topological polar surface area (TPSA) is 29.9 Å². The largest absolute Gasteiger partial charge is 0.306 e. The van der Waals surface area contributed by atoms with Crippen molar-refractivity contribution in [1.82, 2.24) is 15.1 Å². The van der Waals surface area contributed by atoms with Gasteiger partial charge in [-0.2, -0.15) is 16.4 Å². The third-order valence-electron chi connectivity index (χ3n) is 3.24. The molecule has 3 nitrogen and oxygen atoms in total. The van der Waals surface area contributed by atoms with Gasteiger partial charge in [-0.15, -0.1) is 0 Å². The molecule has 0 aliphatic rings. The van der Waals surface area contributed by atoms with Gasteiger partial charge in [-0.25, -0.2) is 0 Å². The third kappa shape index (κ3) is 3.45. The lowest BCUT2D eigenvalue weighted by Crippen LogP contribution is -2.23. The SMILES string of the molecule is CCCNC(c1cnn(CCC)c1)c1cscc1C. The Morgan fingerprint density at radius 3 is 2.79 bits per heavy atom. The maximum absolute atomic E-state index is 4.45. The van der Waals surface area contributed by atoms with Gasteiger partial charge in [-0.3, -0.25) is 4.68 Å². The summed E-state index contributed by atoms with van der Waals surface area (Å²) in [6.45, 7) is 8.58. The first-order valence-electron chi connectivity index (χ1n) is 7.04. The molecule has 0 saturated carbocycles. The first-order valence-corrected chi connectivity index (χ1v) is 7.99. The van der Waals surface area contributed by atoms with Gasteiger partial charge >= 0.3 is 0 Å². The third-order valence-corrected chi connectivity index (χ3v) is 4.12. The molecule has 0 saturated heterocycles. The van der Waals surface area contributed by atoms with Gasteiger partial charge in [0.1, 0.15) is 0 Å². The molecule has 0 aliphatic heterocycles. The van der Waals surface area contributed by atoms with E-state index in [0.717, 1.165) is 25.9 Å². The summed E-state index contributed by atoms with van der Waals surface area (Å²) < 4.78 is 2.04. The smallest absolute Gasteiger partial charge is 0.0618 e. The second kappa shape index (κ2) is 6.87. The van der Waals surface area contributed by atoms with E-state index < -0.39 is 0 Å². The van der Waals surface area contributed by atoms with Crippen LogP contribution in [0.1, 0.15) is 49.4 Å². The fourth-order valence-corrected chi connectivity index (χ4v) is 3.12. The maximum Gasteiger partial charge on any atom is 0.0618 e. The van der Waals surface area contributed by atoms with Crippen LogP contribution in [0.3, 0.4) is 0 Å². The van der Waals surface area contributed by atoms with Crippen LogP contribution in [0, 0.1) is 6.92 Å². The van der Waals surface area contributed by atoms with Crippen LogP contribution in [0.4, 0.5) is 0 Å². The first-order chi connectivity index (χ1) is 9.26. The summed E-state index contributed by atoms with van der Waals surface area (Å²) in [7, 11) is 0. The normalized spacial score (nSPS) is 12.8. The fraction of sp³-hybridized carbons (Fsp3) is 0.533. The van der Waals surface area contributed by atoms with Gasteiger partial charge in [0, 0.05) is 18.3 Å². The highest BCUT2D eigenvalue weighted by Crippen LogP contribution is 2.27. The van der Waals surface area contributed by atoms with Gasteiger partial charge in [-0.1, -0.05) is 13.8 Å². The van der Waals surface area contributed by atoms with E-state index in [-0.39, 0.29) is 6.04 Å². The molecule has 1 atom stereocenters. The molecule has 1 N–H and O–H groups in total. The van der Waals surface area contributed by atoms with Crippen LogP contribution in [-0.2, 0) is 6.54 Å². The Bertz CT molecular complexity index is 501. The Morgan fingerprint density at radius 2 is 2.16 bits per heavy atom. The lowest BCUT2D eigenvalue weighted by atomic mass is 10.0. The number of aromatic nitrogens is 2. The van der Waals surface area contributed by atoms with Gasteiger partial charge in [-0.05, 0) is 48.2 Å². The molecule has 0 amide bonds. The summed E-state index contributed by atoms with van der Waals surface area (Å²) in [6.07, 6.45) is 6.43. The average Bonchev–Trinajstić information content (AvgIpc) is 3.01. The summed E-state index contributed by atoms with van der Waals surface area (Å²) in [5, 5.41) is 12.6. The molecule has 0 radical (unpaired) electrons. The van der Waals surface area contributed by atoms with Crippen LogP contribution in [-0.4, -0.2) is 16.3 Å². The Labute approximate surface area is 119 Å². The quantitative estimate of drug-likeness (QED) is 0.835. The summed E-state index contributed by atoms with van der Waals surface area (Å²) in [4.78, 5) is 0. The number of nitrogens with one attached hydrogen (secondary N) is 1. The number of aryl methyl sites for hydroxylation is 2. The second-order valence-electron chi connectivity index (χ2n) is 4.93. The molecule has 1 unspecified atom stereocenters. The Kier molecular flexibility index (Phi) is 5.16. The molecule has 104 valence electrons. The van der Waals surface area contributed by atoms with Crippen molar-refractivity contribution in [3.63, 3.8) is 0 Å². The standard InChI is InChI=1S/C15H23N3S/c1-4-6-16-15(14-11-19-10-12(14)3)13-8-17-18(9-13)7-5-2/h8-11,15-16H,4-7H2,1-3H3. The number of thiophene rings is 1.